The summed E-state index contributed by atoms with van der Waals surface area (Å²) in [5.74, 6) is 0. The SMILES string of the molecule is CC(C)OC(=O)N1C=CN=CC1.Cl. The first-order valence-corrected chi connectivity index (χ1v) is 3.85. The summed E-state index contributed by atoms with van der Waals surface area (Å²) >= 11 is 0. The quantitative estimate of drug-likeness (QED) is 0.654. The van der Waals surface area contributed by atoms with Crippen LogP contribution in [0.25, 0.3) is 0 Å². The summed E-state index contributed by atoms with van der Waals surface area (Å²) in [6, 6.07) is 0. The van der Waals surface area contributed by atoms with Gasteiger partial charge in [0, 0.05) is 18.6 Å². The summed E-state index contributed by atoms with van der Waals surface area (Å²) in [4.78, 5) is 16.5. The van der Waals surface area contributed by atoms with Gasteiger partial charge in [0.1, 0.15) is 0 Å². The zero-order valence-corrected chi connectivity index (χ0v) is 8.45. The van der Waals surface area contributed by atoms with E-state index in [0.29, 0.717) is 6.54 Å². The fourth-order valence-electron chi connectivity index (χ4n) is 0.781. The molecule has 0 aliphatic carbocycles. The number of halogens is 1. The molecule has 0 aromatic carbocycles. The van der Waals surface area contributed by atoms with Crippen molar-refractivity contribution in [3.8, 4) is 0 Å². The second-order valence-electron chi connectivity index (χ2n) is 2.71. The molecule has 5 heteroatoms. The highest BCUT2D eigenvalue weighted by molar-refractivity contribution is 5.85. The molecule has 13 heavy (non-hydrogen) atoms. The Morgan fingerprint density at radius 3 is 2.77 bits per heavy atom. The fraction of sp³-hybridized carbons (Fsp3) is 0.500. The minimum Gasteiger partial charge on any atom is -0.446 e. The normalized spacial score (nSPS) is 14.2. The summed E-state index contributed by atoms with van der Waals surface area (Å²) in [5.41, 5.74) is 0. The average Bonchev–Trinajstić information content (AvgIpc) is 2.05. The highest BCUT2D eigenvalue weighted by atomic mass is 35.5. The third-order valence-corrected chi connectivity index (χ3v) is 1.29. The summed E-state index contributed by atoms with van der Waals surface area (Å²) in [6.07, 6.45) is 4.41. The van der Waals surface area contributed by atoms with Crippen molar-refractivity contribution in [3.63, 3.8) is 0 Å². The molecule has 0 saturated carbocycles. The van der Waals surface area contributed by atoms with Crippen LogP contribution in [0.15, 0.2) is 17.4 Å². The van der Waals surface area contributed by atoms with E-state index in [-0.39, 0.29) is 24.6 Å². The van der Waals surface area contributed by atoms with Gasteiger partial charge in [0.15, 0.2) is 0 Å². The van der Waals surface area contributed by atoms with E-state index in [4.69, 9.17) is 4.74 Å². The van der Waals surface area contributed by atoms with Gasteiger partial charge in [0.25, 0.3) is 0 Å². The van der Waals surface area contributed by atoms with Gasteiger partial charge in [-0.2, -0.15) is 0 Å². The lowest BCUT2D eigenvalue weighted by Crippen LogP contribution is -2.31. The van der Waals surface area contributed by atoms with E-state index in [2.05, 4.69) is 4.99 Å². The largest absolute Gasteiger partial charge is 0.446 e. The Hall–Kier alpha value is -1.03. The lowest BCUT2D eigenvalue weighted by molar-refractivity contribution is 0.0925. The van der Waals surface area contributed by atoms with Gasteiger partial charge in [0.05, 0.1) is 12.6 Å². The van der Waals surface area contributed by atoms with Crippen LogP contribution >= 0.6 is 12.4 Å². The third-order valence-electron chi connectivity index (χ3n) is 1.29. The van der Waals surface area contributed by atoms with Gasteiger partial charge in [-0.25, -0.2) is 4.79 Å². The fourth-order valence-corrected chi connectivity index (χ4v) is 0.781. The lowest BCUT2D eigenvalue weighted by Gasteiger charge is -2.18. The Morgan fingerprint density at radius 2 is 2.31 bits per heavy atom. The molecule has 1 rings (SSSR count). The second-order valence-corrected chi connectivity index (χ2v) is 2.71. The molecule has 0 spiro atoms. The molecule has 0 N–H and O–H groups in total. The molecule has 1 amide bonds. The molecule has 0 aromatic rings. The number of ether oxygens (including phenoxy) is 1. The molecule has 4 nitrogen and oxygen atoms in total. The smallest absolute Gasteiger partial charge is 0.414 e. The highest BCUT2D eigenvalue weighted by Gasteiger charge is 2.13. The van der Waals surface area contributed by atoms with Crippen molar-refractivity contribution < 1.29 is 9.53 Å². The van der Waals surface area contributed by atoms with Gasteiger partial charge in [-0.3, -0.25) is 9.89 Å². The molecule has 0 saturated heterocycles. The Morgan fingerprint density at radius 1 is 1.62 bits per heavy atom. The predicted octanol–water partition coefficient (Wildman–Crippen LogP) is 1.81. The maximum Gasteiger partial charge on any atom is 0.414 e. The molecule has 0 radical (unpaired) electrons. The number of aliphatic imine (C=N–C) groups is 1. The number of hydrogen-bond donors (Lipinski definition) is 0. The van der Waals surface area contributed by atoms with Gasteiger partial charge in [0.2, 0.25) is 0 Å². The Labute approximate surface area is 83.7 Å². The van der Waals surface area contributed by atoms with Gasteiger partial charge in [-0.05, 0) is 13.8 Å². The molecule has 0 bridgehead atoms. The molecule has 0 fully saturated rings. The molecular formula is C8H13ClN2O2. The van der Waals surface area contributed by atoms with Crippen LogP contribution < -0.4 is 0 Å². The van der Waals surface area contributed by atoms with Crippen molar-refractivity contribution >= 4 is 24.7 Å². The topological polar surface area (TPSA) is 41.9 Å². The number of carbonyl (C=O) groups is 1. The molecule has 1 aliphatic rings. The molecular weight excluding hydrogens is 192 g/mol. The molecule has 1 heterocycles. The predicted molar refractivity (Wildman–Crippen MR) is 53.2 cm³/mol. The number of carbonyl (C=O) groups excluding carboxylic acids is 1. The first-order valence-electron chi connectivity index (χ1n) is 3.85. The summed E-state index contributed by atoms with van der Waals surface area (Å²) in [5, 5.41) is 0. The second kappa shape index (κ2) is 5.59. The summed E-state index contributed by atoms with van der Waals surface area (Å²) in [7, 11) is 0. The van der Waals surface area contributed by atoms with Crippen LogP contribution in [0.5, 0.6) is 0 Å². The van der Waals surface area contributed by atoms with E-state index in [0.717, 1.165) is 0 Å². The van der Waals surface area contributed by atoms with Crippen molar-refractivity contribution in [3.05, 3.63) is 12.4 Å². The zero-order chi connectivity index (χ0) is 8.97. The van der Waals surface area contributed by atoms with Crippen LogP contribution in [0.4, 0.5) is 4.79 Å². The maximum atomic E-state index is 11.2. The van der Waals surface area contributed by atoms with Crippen molar-refractivity contribution in [2.45, 2.75) is 20.0 Å². The molecule has 74 valence electrons. The minimum absolute atomic E-state index is 0. The van der Waals surface area contributed by atoms with Crippen LogP contribution in [0, 0.1) is 0 Å². The van der Waals surface area contributed by atoms with Crippen molar-refractivity contribution in [2.75, 3.05) is 6.54 Å². The molecule has 0 atom stereocenters. The highest BCUT2D eigenvalue weighted by Crippen LogP contribution is 2.00. The Kier molecular flexibility index (Phi) is 5.14. The van der Waals surface area contributed by atoms with E-state index in [1.807, 2.05) is 13.8 Å². The van der Waals surface area contributed by atoms with Crippen molar-refractivity contribution in [1.29, 1.82) is 0 Å². The van der Waals surface area contributed by atoms with Crippen molar-refractivity contribution in [1.82, 2.24) is 4.90 Å². The van der Waals surface area contributed by atoms with E-state index >= 15 is 0 Å². The Balaban J connectivity index is 0.00000144. The maximum absolute atomic E-state index is 11.2. The lowest BCUT2D eigenvalue weighted by atomic mass is 10.5. The van der Waals surface area contributed by atoms with Gasteiger partial charge < -0.3 is 4.74 Å². The van der Waals surface area contributed by atoms with Crippen LogP contribution in [0.1, 0.15) is 13.8 Å². The van der Waals surface area contributed by atoms with E-state index in [1.165, 1.54) is 4.90 Å². The first kappa shape index (κ1) is 12.0. The number of rotatable bonds is 1. The van der Waals surface area contributed by atoms with E-state index in [9.17, 15) is 4.79 Å². The van der Waals surface area contributed by atoms with Crippen LogP contribution in [0.2, 0.25) is 0 Å². The van der Waals surface area contributed by atoms with Crippen LogP contribution in [0.3, 0.4) is 0 Å². The first-order chi connectivity index (χ1) is 5.70. The van der Waals surface area contributed by atoms with Crippen molar-refractivity contribution in [2.24, 2.45) is 4.99 Å². The average molecular weight is 205 g/mol. The van der Waals surface area contributed by atoms with Gasteiger partial charge in [-0.1, -0.05) is 0 Å². The zero-order valence-electron chi connectivity index (χ0n) is 7.64. The minimum atomic E-state index is -0.326. The third kappa shape index (κ3) is 3.94. The Bertz CT molecular complexity index is 226. The standard InChI is InChI=1S/C8H12N2O2.ClH/c1-7(2)12-8(11)10-5-3-9-4-6-10;/h3-5,7H,6H2,1-2H3;1H. The van der Waals surface area contributed by atoms with E-state index < -0.39 is 0 Å². The summed E-state index contributed by atoms with van der Waals surface area (Å²) < 4.78 is 4.96. The molecule has 1 aliphatic heterocycles. The molecule has 0 aromatic heterocycles. The number of amides is 1. The van der Waals surface area contributed by atoms with Crippen LogP contribution in [-0.2, 0) is 4.74 Å². The van der Waals surface area contributed by atoms with Gasteiger partial charge >= 0.3 is 6.09 Å². The van der Waals surface area contributed by atoms with Gasteiger partial charge in [-0.15, -0.1) is 12.4 Å². The molecule has 0 unspecified atom stereocenters. The van der Waals surface area contributed by atoms with E-state index in [1.54, 1.807) is 18.6 Å². The number of nitrogens with zero attached hydrogens (tertiary/aromatic N) is 2. The monoisotopic (exact) mass is 204 g/mol. The van der Waals surface area contributed by atoms with Crippen LogP contribution in [-0.4, -0.2) is 29.9 Å². The summed E-state index contributed by atoms with van der Waals surface area (Å²) in [6.45, 7) is 4.13. The number of hydrogen-bond acceptors (Lipinski definition) is 3.